The first kappa shape index (κ1) is 20.8. The Morgan fingerprint density at radius 3 is 2.48 bits per heavy atom. The van der Waals surface area contributed by atoms with E-state index in [1.165, 1.54) is 17.0 Å². The van der Waals surface area contributed by atoms with Crippen molar-refractivity contribution in [1.82, 2.24) is 4.90 Å². The van der Waals surface area contributed by atoms with Crippen molar-refractivity contribution in [3.63, 3.8) is 0 Å². The fourth-order valence-corrected chi connectivity index (χ4v) is 3.62. The van der Waals surface area contributed by atoms with Gasteiger partial charge in [0.05, 0.1) is 11.6 Å². The smallest absolute Gasteiger partial charge is 0.416 e. The Morgan fingerprint density at radius 2 is 1.97 bits per heavy atom. The molecule has 0 aliphatic carbocycles. The summed E-state index contributed by atoms with van der Waals surface area (Å²) in [5.74, 6) is 0.524. The Labute approximate surface area is 167 Å². The van der Waals surface area contributed by atoms with Crippen LogP contribution in [0.2, 0.25) is 0 Å². The Morgan fingerprint density at radius 1 is 1.21 bits per heavy atom. The quantitative estimate of drug-likeness (QED) is 0.696. The second-order valence-electron chi connectivity index (χ2n) is 6.92. The van der Waals surface area contributed by atoms with Crippen molar-refractivity contribution in [3.05, 3.63) is 71.8 Å². The predicted molar refractivity (Wildman–Crippen MR) is 102 cm³/mol. The van der Waals surface area contributed by atoms with Crippen molar-refractivity contribution >= 4 is 5.91 Å². The van der Waals surface area contributed by atoms with Crippen LogP contribution >= 0.6 is 0 Å². The molecule has 2 aromatic carbocycles. The standard InChI is InChI=1S/C15H16F3NO.C7H6O2/c1-2-14(20)19-10-6-5-9-13(19)11-7-3-4-8-12(11)15(16,17)18;8-6-3-5-1-2-7(6)9-4-5/h2-4,7-8,13H,1,5-6,9-10H2;1-3,8H,4H2. The van der Waals surface area contributed by atoms with Crippen LogP contribution in [0, 0.1) is 0 Å². The zero-order valence-corrected chi connectivity index (χ0v) is 15.8. The first-order valence-corrected chi connectivity index (χ1v) is 9.35. The molecule has 2 bridgehead atoms. The molecule has 3 heterocycles. The summed E-state index contributed by atoms with van der Waals surface area (Å²) in [4.78, 5) is 13.3. The van der Waals surface area contributed by atoms with E-state index in [4.69, 9.17) is 9.84 Å². The molecule has 4 nitrogen and oxygen atoms in total. The molecule has 1 atom stereocenters. The van der Waals surface area contributed by atoms with Crippen LogP contribution in [0.4, 0.5) is 13.2 Å². The van der Waals surface area contributed by atoms with Crippen molar-refractivity contribution in [2.75, 3.05) is 6.54 Å². The number of halogens is 3. The molecule has 154 valence electrons. The summed E-state index contributed by atoms with van der Waals surface area (Å²) in [7, 11) is 0. The van der Waals surface area contributed by atoms with Gasteiger partial charge in [-0.05, 0) is 54.7 Å². The van der Waals surface area contributed by atoms with Gasteiger partial charge in [0.1, 0.15) is 6.61 Å². The molecule has 0 aromatic heterocycles. The monoisotopic (exact) mass is 405 g/mol. The number of phenols is 1. The summed E-state index contributed by atoms with van der Waals surface area (Å²) in [6, 6.07) is 10.4. The lowest BCUT2D eigenvalue weighted by Gasteiger charge is -2.36. The lowest BCUT2D eigenvalue weighted by Crippen LogP contribution is -2.38. The van der Waals surface area contributed by atoms with E-state index in [0.29, 0.717) is 25.3 Å². The van der Waals surface area contributed by atoms with E-state index in [-0.39, 0.29) is 17.2 Å². The second kappa shape index (κ2) is 8.59. The molecule has 2 aromatic rings. The van der Waals surface area contributed by atoms with Crippen molar-refractivity contribution in [2.24, 2.45) is 0 Å². The highest BCUT2D eigenvalue weighted by molar-refractivity contribution is 5.87. The molecular weight excluding hydrogens is 383 g/mol. The molecular formula is C22H22F3NO3. The number of carbonyl (C=O) groups excluding carboxylic acids is 1. The number of alkyl halides is 3. The fourth-order valence-electron chi connectivity index (χ4n) is 3.62. The largest absolute Gasteiger partial charge is 0.504 e. The lowest BCUT2D eigenvalue weighted by molar-refractivity contribution is -0.140. The Bertz CT molecular complexity index is 895. The van der Waals surface area contributed by atoms with Gasteiger partial charge in [0.25, 0.3) is 0 Å². The van der Waals surface area contributed by atoms with Crippen molar-refractivity contribution in [3.8, 4) is 11.5 Å². The van der Waals surface area contributed by atoms with Gasteiger partial charge in [-0.25, -0.2) is 0 Å². The van der Waals surface area contributed by atoms with E-state index in [2.05, 4.69) is 6.58 Å². The van der Waals surface area contributed by atoms with Crippen molar-refractivity contribution in [1.29, 1.82) is 0 Å². The van der Waals surface area contributed by atoms with Crippen molar-refractivity contribution < 1.29 is 27.8 Å². The van der Waals surface area contributed by atoms with Crippen LogP contribution in [-0.2, 0) is 17.6 Å². The summed E-state index contributed by atoms with van der Waals surface area (Å²) in [5, 5.41) is 9.03. The van der Waals surface area contributed by atoms with Gasteiger partial charge in [-0.2, -0.15) is 13.2 Å². The molecule has 7 heteroatoms. The molecule has 1 amide bonds. The maximum absolute atomic E-state index is 13.1. The van der Waals surface area contributed by atoms with E-state index in [0.717, 1.165) is 30.5 Å². The van der Waals surface area contributed by atoms with Crippen LogP contribution in [0.3, 0.4) is 0 Å². The molecule has 0 radical (unpaired) electrons. The minimum absolute atomic E-state index is 0.176. The first-order valence-electron chi connectivity index (χ1n) is 9.35. The molecule has 0 spiro atoms. The number of benzene rings is 2. The van der Waals surface area contributed by atoms with E-state index in [1.807, 2.05) is 6.07 Å². The number of phenolic OH excluding ortho intramolecular Hbond substituents is 1. The zero-order chi connectivity index (χ0) is 21.0. The molecule has 5 rings (SSSR count). The highest BCUT2D eigenvalue weighted by Crippen LogP contribution is 2.39. The molecule has 1 unspecified atom stereocenters. The number of rotatable bonds is 2. The number of amides is 1. The molecule has 29 heavy (non-hydrogen) atoms. The number of piperidine rings is 1. The maximum Gasteiger partial charge on any atom is 0.416 e. The molecule has 0 saturated carbocycles. The molecule has 1 saturated heterocycles. The average molecular weight is 405 g/mol. The lowest BCUT2D eigenvalue weighted by atomic mass is 9.91. The highest BCUT2D eigenvalue weighted by Gasteiger charge is 2.37. The number of nitrogens with zero attached hydrogens (tertiary/aromatic N) is 1. The number of fused-ring (bicyclic) bond motifs is 3. The van der Waals surface area contributed by atoms with Gasteiger partial charge < -0.3 is 14.7 Å². The van der Waals surface area contributed by atoms with Crippen LogP contribution in [0.15, 0.2) is 55.1 Å². The fraction of sp³-hybridized carbons (Fsp3) is 0.318. The van der Waals surface area contributed by atoms with Gasteiger partial charge in [-0.3, -0.25) is 4.79 Å². The van der Waals surface area contributed by atoms with Crippen molar-refractivity contribution in [2.45, 2.75) is 38.1 Å². The third kappa shape index (κ3) is 4.72. The number of hydrogen-bond donors (Lipinski definition) is 1. The molecule has 3 aliphatic rings. The summed E-state index contributed by atoms with van der Waals surface area (Å²) in [6.45, 7) is 4.50. The normalized spacial score (nSPS) is 17.8. The van der Waals surface area contributed by atoms with Crippen LogP contribution in [-0.4, -0.2) is 22.5 Å². The van der Waals surface area contributed by atoms with E-state index < -0.39 is 17.8 Å². The molecule has 3 aliphatic heterocycles. The van der Waals surface area contributed by atoms with Crippen LogP contribution in [0.1, 0.15) is 42.0 Å². The Kier molecular flexibility index (Phi) is 6.15. The van der Waals surface area contributed by atoms with Gasteiger partial charge in [-0.15, -0.1) is 0 Å². The molecule has 1 N–H and O–H groups in total. The number of ether oxygens (including phenoxy) is 1. The zero-order valence-electron chi connectivity index (χ0n) is 15.8. The van der Waals surface area contributed by atoms with Gasteiger partial charge >= 0.3 is 6.18 Å². The van der Waals surface area contributed by atoms with E-state index in [1.54, 1.807) is 18.2 Å². The van der Waals surface area contributed by atoms with Gasteiger partial charge in [-0.1, -0.05) is 30.8 Å². The summed E-state index contributed by atoms with van der Waals surface area (Å²) in [6.07, 6.45) is -1.07. The number of likely N-dealkylation sites (tertiary alicyclic amines) is 1. The maximum atomic E-state index is 13.1. The summed E-state index contributed by atoms with van der Waals surface area (Å²) < 4.78 is 44.3. The molecule has 1 fully saturated rings. The Balaban J connectivity index is 0.000000220. The van der Waals surface area contributed by atoms with E-state index in [9.17, 15) is 18.0 Å². The highest BCUT2D eigenvalue weighted by atomic mass is 19.4. The summed E-state index contributed by atoms with van der Waals surface area (Å²) in [5.41, 5.74) is 0.547. The predicted octanol–water partition coefficient (Wildman–Crippen LogP) is 5.23. The third-order valence-corrected chi connectivity index (χ3v) is 5.00. The minimum Gasteiger partial charge on any atom is -0.504 e. The van der Waals surface area contributed by atoms with Gasteiger partial charge in [0.2, 0.25) is 5.91 Å². The second-order valence-corrected chi connectivity index (χ2v) is 6.92. The van der Waals surface area contributed by atoms with Crippen LogP contribution in [0.5, 0.6) is 11.5 Å². The third-order valence-electron chi connectivity index (χ3n) is 5.00. The Hall–Kier alpha value is -2.96. The number of aromatic hydroxyl groups is 1. The number of hydrogen-bond acceptors (Lipinski definition) is 3. The summed E-state index contributed by atoms with van der Waals surface area (Å²) >= 11 is 0. The first-order chi connectivity index (χ1) is 13.8. The number of carbonyl (C=O) groups is 1. The van der Waals surface area contributed by atoms with Gasteiger partial charge in [0, 0.05) is 6.54 Å². The van der Waals surface area contributed by atoms with Crippen LogP contribution in [0.25, 0.3) is 0 Å². The van der Waals surface area contributed by atoms with E-state index >= 15 is 0 Å². The SMILES string of the molecule is C=CC(=O)N1CCCCC1c1ccccc1C(F)(F)F.Oc1cc2ccc1OC2. The van der Waals surface area contributed by atoms with Gasteiger partial charge in [0.15, 0.2) is 11.5 Å². The van der Waals surface area contributed by atoms with Crippen LogP contribution < -0.4 is 4.74 Å². The topological polar surface area (TPSA) is 49.8 Å². The average Bonchev–Trinajstić information content (AvgIpc) is 2.74. The minimum atomic E-state index is -4.41.